The van der Waals surface area contributed by atoms with E-state index in [4.69, 9.17) is 26.2 Å². The molecule has 6 nitrogen and oxygen atoms in total. The fourth-order valence-electron chi connectivity index (χ4n) is 0.644. The molecule has 0 rings (SSSR count). The van der Waals surface area contributed by atoms with Crippen molar-refractivity contribution in [1.82, 2.24) is 0 Å². The van der Waals surface area contributed by atoms with Crippen molar-refractivity contribution in [2.45, 2.75) is 24.4 Å². The first-order chi connectivity index (χ1) is 5.54. The molecule has 0 aromatic rings. The minimum atomic E-state index is -1.62. The Balaban J connectivity index is 4.07. The molecule has 6 N–H and O–H groups in total. The molecule has 6 heteroatoms. The molecule has 0 aromatic carbocycles. The normalized spacial score (nSPS) is 21.1. The highest BCUT2D eigenvalue weighted by Gasteiger charge is 2.28. The highest BCUT2D eigenvalue weighted by atomic mass is 16.4. The van der Waals surface area contributed by atoms with Crippen molar-refractivity contribution in [2.24, 2.45) is 5.73 Å². The number of carbonyl (C=O) groups is 1. The smallest absolute Gasteiger partial charge is 0.139 e. The van der Waals surface area contributed by atoms with Crippen LogP contribution in [0.15, 0.2) is 0 Å². The SMILES string of the molecule is [15NH2][C@@H]([13CH]=O)[C@@H](O)[C@@H](O)[C@H](O)CO. The van der Waals surface area contributed by atoms with E-state index in [1.54, 1.807) is 0 Å². The summed E-state index contributed by atoms with van der Waals surface area (Å²) in [5.74, 6) is 0. The zero-order valence-corrected chi connectivity index (χ0v) is 6.37. The molecule has 0 unspecified atom stereocenters. The van der Waals surface area contributed by atoms with E-state index in [1.807, 2.05) is 0 Å². The number of aldehydes is 1. The van der Waals surface area contributed by atoms with E-state index < -0.39 is 31.0 Å². The summed E-state index contributed by atoms with van der Waals surface area (Å²) >= 11 is 0. The first kappa shape index (κ1) is 11.5. The van der Waals surface area contributed by atoms with Gasteiger partial charge in [0.25, 0.3) is 0 Å². The van der Waals surface area contributed by atoms with Crippen molar-refractivity contribution < 1.29 is 25.2 Å². The average molecular weight is 181 g/mol. The number of hydrogen-bond donors (Lipinski definition) is 5. The number of carbonyl (C=O) groups excluding carboxylic acids is 1. The third kappa shape index (κ3) is 2.84. The van der Waals surface area contributed by atoms with Gasteiger partial charge in [0.05, 0.1) is 12.6 Å². The van der Waals surface area contributed by atoms with Crippen molar-refractivity contribution in [2.75, 3.05) is 6.61 Å². The molecule has 12 heavy (non-hydrogen) atoms. The summed E-state index contributed by atoms with van der Waals surface area (Å²) in [5, 5.41) is 35.2. The third-order valence-corrected chi connectivity index (χ3v) is 1.48. The molecule has 0 aliphatic rings. The lowest BCUT2D eigenvalue weighted by Gasteiger charge is -2.23. The standard InChI is InChI=1S/C6H13NO5/c7-3(1-8)5(11)6(12)4(10)2-9/h1,3-6,9-12H,2,7H2/t3-,4+,5+,6-/m0/s1/i1+1,7+1. The molecule has 0 radical (unpaired) electrons. The molecule has 0 bridgehead atoms. The Labute approximate surface area is 69.2 Å². The molecule has 0 aliphatic carbocycles. The van der Waals surface area contributed by atoms with Gasteiger partial charge in [0.15, 0.2) is 0 Å². The maximum Gasteiger partial charge on any atom is 0.139 e. The van der Waals surface area contributed by atoms with Crippen molar-refractivity contribution >= 4 is 6.29 Å². The topological polar surface area (TPSA) is 124 Å². The number of rotatable bonds is 5. The van der Waals surface area contributed by atoms with Crippen molar-refractivity contribution in [1.29, 1.82) is 0 Å². The van der Waals surface area contributed by atoms with Crippen LogP contribution in [0.2, 0.25) is 0 Å². The number of nitrogens with two attached hydrogens (primary N) is 1. The molecule has 0 amide bonds. The first-order valence-electron chi connectivity index (χ1n) is 3.40. The fourth-order valence-corrected chi connectivity index (χ4v) is 0.644. The lowest BCUT2D eigenvalue weighted by Crippen LogP contribution is -2.49. The minimum absolute atomic E-state index is 0.248. The summed E-state index contributed by atoms with van der Waals surface area (Å²) in [6.07, 6.45) is -4.43. The molecule has 0 aliphatic heterocycles. The maximum atomic E-state index is 10.0. The van der Waals surface area contributed by atoms with Crippen molar-refractivity contribution in [3.8, 4) is 0 Å². The zero-order chi connectivity index (χ0) is 9.72. The molecule has 0 heterocycles. The number of aliphatic hydroxyl groups is 4. The van der Waals surface area contributed by atoms with Crippen LogP contribution in [0.4, 0.5) is 0 Å². The van der Waals surface area contributed by atoms with E-state index in [2.05, 4.69) is 0 Å². The maximum absolute atomic E-state index is 10.0. The summed E-state index contributed by atoms with van der Waals surface area (Å²) < 4.78 is 0. The Morgan fingerprint density at radius 1 is 1.25 bits per heavy atom. The Bertz CT molecular complexity index is 142. The predicted molar refractivity (Wildman–Crippen MR) is 39.1 cm³/mol. The number of hydrogen-bond acceptors (Lipinski definition) is 6. The van der Waals surface area contributed by atoms with Crippen molar-refractivity contribution in [3.05, 3.63) is 0 Å². The quantitative estimate of drug-likeness (QED) is 0.171. The van der Waals surface area contributed by atoms with Gasteiger partial charge in [-0.2, -0.15) is 0 Å². The summed E-state index contributed by atoms with van der Waals surface area (Å²) in [6.45, 7) is -0.705. The van der Waals surface area contributed by atoms with Gasteiger partial charge in [0.1, 0.15) is 24.6 Å². The molecule has 0 spiro atoms. The molecular formula is C6H13NO5. The van der Waals surface area contributed by atoms with Crippen molar-refractivity contribution in [3.63, 3.8) is 0 Å². The van der Waals surface area contributed by atoms with Gasteiger partial charge in [0, 0.05) is 0 Å². The Morgan fingerprint density at radius 2 is 1.75 bits per heavy atom. The Morgan fingerprint density at radius 3 is 2.08 bits per heavy atom. The van der Waals surface area contributed by atoms with Crippen LogP contribution < -0.4 is 5.73 Å². The fraction of sp³-hybridized carbons (Fsp3) is 0.833. The van der Waals surface area contributed by atoms with Gasteiger partial charge < -0.3 is 31.0 Å². The molecule has 72 valence electrons. The van der Waals surface area contributed by atoms with Crippen LogP contribution in [-0.2, 0) is 4.79 Å². The van der Waals surface area contributed by atoms with Gasteiger partial charge in [-0.3, -0.25) is 0 Å². The van der Waals surface area contributed by atoms with E-state index in [1.165, 1.54) is 0 Å². The first-order valence-corrected chi connectivity index (χ1v) is 3.40. The predicted octanol–water partition coefficient (Wildman–Crippen LogP) is -3.41. The monoisotopic (exact) mass is 181 g/mol. The largest absolute Gasteiger partial charge is 0.394 e. The third-order valence-electron chi connectivity index (χ3n) is 1.48. The summed E-state index contributed by atoms with van der Waals surface area (Å²) in [4.78, 5) is 10.0. The molecule has 0 saturated carbocycles. The van der Waals surface area contributed by atoms with Gasteiger partial charge in [-0.05, 0) is 0 Å². The van der Waals surface area contributed by atoms with Gasteiger partial charge in [0.2, 0.25) is 0 Å². The van der Waals surface area contributed by atoms with Gasteiger partial charge >= 0.3 is 0 Å². The van der Waals surface area contributed by atoms with E-state index in [9.17, 15) is 4.79 Å². The highest BCUT2D eigenvalue weighted by Crippen LogP contribution is 2.01. The second-order valence-corrected chi connectivity index (χ2v) is 2.44. The van der Waals surface area contributed by atoms with E-state index >= 15 is 0 Å². The van der Waals surface area contributed by atoms with Crippen LogP contribution in [-0.4, -0.2) is 57.7 Å². The molecule has 0 saturated heterocycles. The summed E-state index contributed by atoms with van der Waals surface area (Å²) in [6, 6.07) is -1.26. The minimum Gasteiger partial charge on any atom is -0.394 e. The number of aliphatic hydroxyl groups excluding tert-OH is 4. The van der Waals surface area contributed by atoms with Gasteiger partial charge in [-0.25, -0.2) is 0 Å². The van der Waals surface area contributed by atoms with Gasteiger partial charge in [-0.15, -0.1) is 0 Å². The van der Waals surface area contributed by atoms with Crippen LogP contribution >= 0.6 is 0 Å². The van der Waals surface area contributed by atoms with E-state index in [-0.39, 0.29) is 6.29 Å². The lowest BCUT2D eigenvalue weighted by molar-refractivity contribution is -0.118. The van der Waals surface area contributed by atoms with Crippen LogP contribution in [0, 0.1) is 0 Å². The van der Waals surface area contributed by atoms with Gasteiger partial charge in [-0.1, -0.05) is 0 Å². The average Bonchev–Trinajstić information content (AvgIpc) is 2.12. The molecule has 0 aromatic heterocycles. The summed E-state index contributed by atoms with van der Waals surface area (Å²) in [5.41, 5.74) is 5.04. The second kappa shape index (κ2) is 5.18. The van der Waals surface area contributed by atoms with Crippen LogP contribution in [0.3, 0.4) is 0 Å². The van der Waals surface area contributed by atoms with Crippen LogP contribution in [0.5, 0.6) is 0 Å². The zero-order valence-electron chi connectivity index (χ0n) is 6.37. The van der Waals surface area contributed by atoms with E-state index in [0.29, 0.717) is 0 Å². The van der Waals surface area contributed by atoms with Crippen LogP contribution in [0.1, 0.15) is 0 Å². The van der Waals surface area contributed by atoms with Crippen LogP contribution in [0.25, 0.3) is 0 Å². The molecule has 4 atom stereocenters. The Hall–Kier alpha value is -0.530. The highest BCUT2D eigenvalue weighted by molar-refractivity contribution is 5.58. The molecule has 0 fully saturated rings. The lowest BCUT2D eigenvalue weighted by atomic mass is 10.1. The Kier molecular flexibility index (Phi) is 4.95. The summed E-state index contributed by atoms with van der Waals surface area (Å²) in [7, 11) is 0. The molecular weight excluding hydrogens is 168 g/mol. The van der Waals surface area contributed by atoms with E-state index in [0.717, 1.165) is 0 Å². The second-order valence-electron chi connectivity index (χ2n) is 2.44.